The maximum Gasteiger partial charge on any atom is 0.315 e. The van der Waals surface area contributed by atoms with Crippen molar-refractivity contribution in [3.63, 3.8) is 0 Å². The van der Waals surface area contributed by atoms with Crippen molar-refractivity contribution in [3.05, 3.63) is 22.0 Å². The van der Waals surface area contributed by atoms with Crippen LogP contribution in [0.25, 0.3) is 0 Å². The Balaban J connectivity index is 1.89. The van der Waals surface area contributed by atoms with Crippen LogP contribution in [0.1, 0.15) is 15.8 Å². The van der Waals surface area contributed by atoms with Gasteiger partial charge in [-0.25, -0.2) is 4.98 Å². The molecule has 0 saturated heterocycles. The number of nitrogens with one attached hydrogen (secondary N) is 1. The van der Waals surface area contributed by atoms with Gasteiger partial charge in [-0.1, -0.05) is 5.10 Å². The van der Waals surface area contributed by atoms with Crippen LogP contribution in [0.5, 0.6) is 0 Å². The van der Waals surface area contributed by atoms with Crippen molar-refractivity contribution < 1.29 is 4.42 Å². The minimum atomic E-state index is 0.425. The summed E-state index contributed by atoms with van der Waals surface area (Å²) in [6.07, 6.45) is 2.44. The first kappa shape index (κ1) is 11.0. The molecule has 2 aromatic heterocycles. The number of hydrogen-bond acceptors (Lipinski definition) is 7. The molecule has 0 aliphatic carbocycles. The third-order valence-electron chi connectivity index (χ3n) is 1.91. The van der Waals surface area contributed by atoms with E-state index in [2.05, 4.69) is 20.5 Å². The highest BCUT2D eigenvalue weighted by Gasteiger charge is 2.05. The van der Waals surface area contributed by atoms with E-state index < -0.39 is 0 Å². The number of rotatable bonds is 5. The first-order chi connectivity index (χ1) is 7.78. The second kappa shape index (κ2) is 5.04. The molecule has 2 rings (SSSR count). The Hall–Kier alpha value is -1.47. The molecule has 0 fully saturated rings. The summed E-state index contributed by atoms with van der Waals surface area (Å²) in [4.78, 5) is 5.29. The van der Waals surface area contributed by atoms with Gasteiger partial charge in [0.1, 0.15) is 0 Å². The fourth-order valence-corrected chi connectivity index (χ4v) is 1.93. The predicted molar refractivity (Wildman–Crippen MR) is 61.2 cm³/mol. The average Bonchev–Trinajstić information content (AvgIpc) is 2.85. The highest BCUT2D eigenvalue weighted by Crippen LogP contribution is 2.13. The number of nitrogens with zero attached hydrogens (tertiary/aromatic N) is 3. The molecule has 7 heteroatoms. The van der Waals surface area contributed by atoms with Crippen molar-refractivity contribution in [1.29, 1.82) is 0 Å². The number of aryl methyl sites for hydroxylation is 1. The van der Waals surface area contributed by atoms with Crippen LogP contribution in [0.4, 0.5) is 6.01 Å². The summed E-state index contributed by atoms with van der Waals surface area (Å²) in [7, 11) is 0. The van der Waals surface area contributed by atoms with E-state index in [0.29, 0.717) is 31.4 Å². The van der Waals surface area contributed by atoms with Gasteiger partial charge >= 0.3 is 6.01 Å². The fourth-order valence-electron chi connectivity index (χ4n) is 1.20. The van der Waals surface area contributed by atoms with Gasteiger partial charge in [-0.2, -0.15) is 0 Å². The van der Waals surface area contributed by atoms with Crippen LogP contribution in [0.3, 0.4) is 0 Å². The molecule has 2 aromatic rings. The molecule has 0 aliphatic rings. The summed E-state index contributed by atoms with van der Waals surface area (Å²) < 4.78 is 5.32. The highest BCUT2D eigenvalue weighted by atomic mass is 32.1. The molecule has 0 atom stereocenters. The molecule has 0 radical (unpaired) electrons. The van der Waals surface area contributed by atoms with Crippen LogP contribution in [0.15, 0.2) is 10.6 Å². The van der Waals surface area contributed by atoms with E-state index in [9.17, 15) is 0 Å². The molecule has 0 aliphatic heterocycles. The normalized spacial score (nSPS) is 10.6. The number of thiazole rings is 1. The number of anilines is 1. The van der Waals surface area contributed by atoms with Gasteiger partial charge in [0, 0.05) is 24.0 Å². The number of aromatic nitrogens is 3. The van der Waals surface area contributed by atoms with Crippen LogP contribution >= 0.6 is 11.3 Å². The molecule has 86 valence electrons. The SMILES string of the molecule is Cc1ncc(CNc2nnc(CCN)o2)s1. The molecule has 0 saturated carbocycles. The van der Waals surface area contributed by atoms with E-state index in [-0.39, 0.29) is 0 Å². The Morgan fingerprint density at radius 3 is 3.06 bits per heavy atom. The van der Waals surface area contributed by atoms with Gasteiger partial charge in [-0.3, -0.25) is 0 Å². The number of hydrogen-bond donors (Lipinski definition) is 2. The molecule has 0 amide bonds. The summed E-state index contributed by atoms with van der Waals surface area (Å²) in [5, 5.41) is 11.8. The molecule has 16 heavy (non-hydrogen) atoms. The molecule has 6 nitrogen and oxygen atoms in total. The van der Waals surface area contributed by atoms with Crippen molar-refractivity contribution in [2.45, 2.75) is 19.9 Å². The maximum atomic E-state index is 5.38. The van der Waals surface area contributed by atoms with Crippen LogP contribution in [0.2, 0.25) is 0 Å². The van der Waals surface area contributed by atoms with Gasteiger partial charge in [-0.05, 0) is 6.92 Å². The Kier molecular flexibility index (Phi) is 3.47. The lowest BCUT2D eigenvalue weighted by atomic mass is 10.4. The summed E-state index contributed by atoms with van der Waals surface area (Å²) in [6, 6.07) is 0.425. The van der Waals surface area contributed by atoms with E-state index >= 15 is 0 Å². The topological polar surface area (TPSA) is 89.9 Å². The second-order valence-electron chi connectivity index (χ2n) is 3.24. The van der Waals surface area contributed by atoms with Gasteiger partial charge in [0.2, 0.25) is 5.89 Å². The van der Waals surface area contributed by atoms with Crippen LogP contribution in [-0.4, -0.2) is 21.7 Å². The zero-order valence-electron chi connectivity index (χ0n) is 8.93. The first-order valence-corrected chi connectivity index (χ1v) is 5.77. The lowest BCUT2D eigenvalue weighted by molar-refractivity contribution is 0.506. The number of nitrogens with two attached hydrogens (primary N) is 1. The molecule has 0 unspecified atom stereocenters. The third-order valence-corrected chi connectivity index (χ3v) is 2.82. The monoisotopic (exact) mass is 239 g/mol. The fraction of sp³-hybridized carbons (Fsp3) is 0.444. The zero-order valence-corrected chi connectivity index (χ0v) is 9.75. The molecule has 0 spiro atoms. The second-order valence-corrected chi connectivity index (χ2v) is 4.56. The first-order valence-electron chi connectivity index (χ1n) is 4.95. The van der Waals surface area contributed by atoms with Gasteiger partial charge < -0.3 is 15.5 Å². The minimum Gasteiger partial charge on any atom is -0.408 e. The molecule has 3 N–H and O–H groups in total. The van der Waals surface area contributed by atoms with Gasteiger partial charge in [0.05, 0.1) is 11.6 Å². The molecule has 0 bridgehead atoms. The van der Waals surface area contributed by atoms with Crippen LogP contribution < -0.4 is 11.1 Å². The minimum absolute atomic E-state index is 0.425. The van der Waals surface area contributed by atoms with Gasteiger partial charge in [0.15, 0.2) is 0 Å². The van der Waals surface area contributed by atoms with E-state index in [1.807, 2.05) is 13.1 Å². The van der Waals surface area contributed by atoms with E-state index in [0.717, 1.165) is 9.88 Å². The molecule has 2 heterocycles. The van der Waals surface area contributed by atoms with Gasteiger partial charge in [0.25, 0.3) is 0 Å². The lowest BCUT2D eigenvalue weighted by Crippen LogP contribution is -2.02. The van der Waals surface area contributed by atoms with E-state index in [1.165, 1.54) is 0 Å². The van der Waals surface area contributed by atoms with E-state index in [1.54, 1.807) is 11.3 Å². The van der Waals surface area contributed by atoms with Crippen molar-refractivity contribution in [2.24, 2.45) is 5.73 Å². The standard InChI is InChI=1S/C9H13N5OS/c1-6-11-4-7(16-6)5-12-9-14-13-8(15-9)2-3-10/h4H,2-3,5,10H2,1H3,(H,12,14). The lowest BCUT2D eigenvalue weighted by Gasteiger charge is -1.96. The smallest absolute Gasteiger partial charge is 0.315 e. The zero-order chi connectivity index (χ0) is 11.4. The van der Waals surface area contributed by atoms with Crippen molar-refractivity contribution in [1.82, 2.24) is 15.2 Å². The highest BCUT2D eigenvalue weighted by molar-refractivity contribution is 7.11. The molecular formula is C9H13N5OS. The summed E-state index contributed by atoms with van der Waals surface area (Å²) in [5.41, 5.74) is 5.38. The van der Waals surface area contributed by atoms with Crippen molar-refractivity contribution in [2.75, 3.05) is 11.9 Å². The quantitative estimate of drug-likeness (QED) is 0.807. The predicted octanol–water partition coefficient (Wildman–Crippen LogP) is 0.948. The van der Waals surface area contributed by atoms with Crippen molar-refractivity contribution >= 4 is 17.4 Å². The maximum absolute atomic E-state index is 5.38. The summed E-state index contributed by atoms with van der Waals surface area (Å²) in [5.74, 6) is 0.561. The van der Waals surface area contributed by atoms with Crippen LogP contribution in [-0.2, 0) is 13.0 Å². The largest absolute Gasteiger partial charge is 0.408 e. The summed E-state index contributed by atoms with van der Waals surface area (Å²) >= 11 is 1.64. The Labute approximate surface area is 96.9 Å². The molecular weight excluding hydrogens is 226 g/mol. The third kappa shape index (κ3) is 2.77. The Morgan fingerprint density at radius 2 is 2.38 bits per heavy atom. The van der Waals surface area contributed by atoms with Crippen LogP contribution in [0, 0.1) is 6.92 Å². The van der Waals surface area contributed by atoms with E-state index in [4.69, 9.17) is 10.2 Å². The Morgan fingerprint density at radius 1 is 1.50 bits per heavy atom. The summed E-state index contributed by atoms with van der Waals surface area (Å²) in [6.45, 7) is 3.13. The van der Waals surface area contributed by atoms with Crippen molar-refractivity contribution in [3.8, 4) is 0 Å². The molecule has 0 aromatic carbocycles. The average molecular weight is 239 g/mol. The Bertz CT molecular complexity index is 452. The van der Waals surface area contributed by atoms with Gasteiger partial charge in [-0.15, -0.1) is 16.4 Å².